The Balaban J connectivity index is 2.16. The zero-order valence-electron chi connectivity index (χ0n) is 20.0. The molecule has 1 aromatic heterocycles. The van der Waals surface area contributed by atoms with Crippen LogP contribution in [0.4, 0.5) is 0 Å². The van der Waals surface area contributed by atoms with E-state index in [1.807, 2.05) is 67.3 Å². The quantitative estimate of drug-likeness (QED) is 0.400. The van der Waals surface area contributed by atoms with Crippen molar-refractivity contribution < 1.29 is 4.79 Å². The smallest absolute Gasteiger partial charge is 0.266 e. The van der Waals surface area contributed by atoms with Crippen molar-refractivity contribution in [3.8, 4) is 5.69 Å². The van der Waals surface area contributed by atoms with Gasteiger partial charge in [-0.25, -0.2) is 4.98 Å². The summed E-state index contributed by atoms with van der Waals surface area (Å²) in [5, 5.41) is 0.578. The lowest BCUT2D eigenvalue weighted by Gasteiger charge is -2.32. The number of rotatable bonds is 9. The van der Waals surface area contributed by atoms with E-state index < -0.39 is 0 Å². The number of para-hydroxylation sites is 1. The van der Waals surface area contributed by atoms with Crippen LogP contribution in [-0.4, -0.2) is 26.9 Å². The zero-order chi connectivity index (χ0) is 23.3. The van der Waals surface area contributed by atoms with Crippen LogP contribution in [0.5, 0.6) is 0 Å². The first-order valence-corrected chi connectivity index (χ1v) is 11.7. The molecule has 0 aliphatic rings. The molecular formula is C27H35N3O2. The Morgan fingerprint density at radius 3 is 2.50 bits per heavy atom. The number of amides is 1. The molecule has 32 heavy (non-hydrogen) atoms. The number of unbranched alkanes of at least 4 members (excludes halogenated alkanes) is 2. The third-order valence-corrected chi connectivity index (χ3v) is 5.78. The highest BCUT2D eigenvalue weighted by Gasteiger charge is 2.27. The molecular weight excluding hydrogens is 398 g/mol. The molecule has 0 saturated carbocycles. The summed E-state index contributed by atoms with van der Waals surface area (Å²) in [7, 11) is 0. The van der Waals surface area contributed by atoms with E-state index >= 15 is 0 Å². The molecule has 1 heterocycles. The molecule has 2 aromatic carbocycles. The maximum absolute atomic E-state index is 13.6. The van der Waals surface area contributed by atoms with Crippen molar-refractivity contribution in [3.63, 3.8) is 0 Å². The summed E-state index contributed by atoms with van der Waals surface area (Å²) in [6, 6.07) is 15.0. The van der Waals surface area contributed by atoms with Crippen LogP contribution in [0.15, 0.2) is 53.3 Å². The summed E-state index contributed by atoms with van der Waals surface area (Å²) < 4.78 is 1.69. The molecule has 3 aromatic rings. The first-order valence-electron chi connectivity index (χ1n) is 11.7. The zero-order valence-corrected chi connectivity index (χ0v) is 20.0. The molecule has 0 aliphatic carbocycles. The van der Waals surface area contributed by atoms with Crippen molar-refractivity contribution in [1.29, 1.82) is 0 Å². The number of carbonyl (C=O) groups excluding carboxylic acids is 1. The van der Waals surface area contributed by atoms with Gasteiger partial charge in [0.15, 0.2) is 0 Å². The van der Waals surface area contributed by atoms with E-state index in [1.165, 1.54) is 0 Å². The maximum atomic E-state index is 13.6. The minimum Gasteiger partial charge on any atom is -0.333 e. The van der Waals surface area contributed by atoms with Gasteiger partial charge in [-0.2, -0.15) is 0 Å². The normalized spacial score (nSPS) is 12.3. The van der Waals surface area contributed by atoms with Gasteiger partial charge < -0.3 is 4.90 Å². The fourth-order valence-electron chi connectivity index (χ4n) is 4.13. The van der Waals surface area contributed by atoms with Gasteiger partial charge in [-0.3, -0.25) is 14.2 Å². The minimum atomic E-state index is -0.329. The standard InChI is InChI=1S/C27H35N3O2/c1-6-7-8-16-25(31)29(18-19(2)3)21(5)26-28-24-15-10-9-14-23(24)27(32)30(26)22-13-11-12-20(4)17-22/h9-15,17,19,21H,6-8,16,18H2,1-5H3/t21-/m0/s1. The Hall–Kier alpha value is -2.95. The molecule has 1 amide bonds. The Bertz CT molecular complexity index is 1130. The van der Waals surface area contributed by atoms with Gasteiger partial charge >= 0.3 is 0 Å². The van der Waals surface area contributed by atoms with Crippen molar-refractivity contribution in [3.05, 3.63) is 70.3 Å². The van der Waals surface area contributed by atoms with E-state index in [4.69, 9.17) is 4.98 Å². The number of benzene rings is 2. The van der Waals surface area contributed by atoms with Gasteiger partial charge in [0, 0.05) is 13.0 Å². The fourth-order valence-corrected chi connectivity index (χ4v) is 4.13. The molecule has 1 atom stereocenters. The molecule has 0 spiro atoms. The Morgan fingerprint density at radius 1 is 1.06 bits per heavy atom. The van der Waals surface area contributed by atoms with Gasteiger partial charge in [0.05, 0.1) is 22.6 Å². The average Bonchev–Trinajstić information content (AvgIpc) is 2.77. The second-order valence-electron chi connectivity index (χ2n) is 9.04. The largest absolute Gasteiger partial charge is 0.333 e. The summed E-state index contributed by atoms with van der Waals surface area (Å²) in [6.45, 7) is 11.0. The Morgan fingerprint density at radius 2 is 1.81 bits per heavy atom. The molecule has 5 nitrogen and oxygen atoms in total. The van der Waals surface area contributed by atoms with Crippen LogP contribution < -0.4 is 5.56 Å². The predicted octanol–water partition coefficient (Wildman–Crippen LogP) is 5.82. The van der Waals surface area contributed by atoms with Gasteiger partial charge in [-0.1, -0.05) is 57.9 Å². The average molecular weight is 434 g/mol. The molecule has 0 bridgehead atoms. The van der Waals surface area contributed by atoms with Crippen LogP contribution in [-0.2, 0) is 4.79 Å². The molecule has 0 fully saturated rings. The van der Waals surface area contributed by atoms with Crippen molar-refractivity contribution in [2.24, 2.45) is 5.92 Å². The Labute approximate surface area is 191 Å². The monoisotopic (exact) mass is 433 g/mol. The fraction of sp³-hybridized carbons (Fsp3) is 0.444. The molecule has 170 valence electrons. The molecule has 0 aliphatic heterocycles. The maximum Gasteiger partial charge on any atom is 0.266 e. The SMILES string of the molecule is CCCCCC(=O)N(CC(C)C)[C@@H](C)c1nc2ccccc2c(=O)n1-c1cccc(C)c1. The highest BCUT2D eigenvalue weighted by molar-refractivity contribution is 5.79. The van der Waals surface area contributed by atoms with E-state index in [-0.39, 0.29) is 17.5 Å². The van der Waals surface area contributed by atoms with Gasteiger partial charge in [0.25, 0.3) is 5.56 Å². The van der Waals surface area contributed by atoms with E-state index in [2.05, 4.69) is 20.8 Å². The number of aryl methyl sites for hydroxylation is 1. The van der Waals surface area contributed by atoms with E-state index in [9.17, 15) is 9.59 Å². The third-order valence-electron chi connectivity index (χ3n) is 5.78. The Kier molecular flexibility index (Phi) is 7.84. The molecule has 0 N–H and O–H groups in total. The van der Waals surface area contributed by atoms with Crippen LogP contribution >= 0.6 is 0 Å². The number of hydrogen-bond donors (Lipinski definition) is 0. The van der Waals surface area contributed by atoms with Crippen molar-refractivity contribution in [1.82, 2.24) is 14.5 Å². The summed E-state index contributed by atoms with van der Waals surface area (Å²) in [5.74, 6) is 1.04. The van der Waals surface area contributed by atoms with Crippen LogP contribution in [0.3, 0.4) is 0 Å². The number of aromatic nitrogens is 2. The molecule has 3 rings (SSSR count). The second kappa shape index (κ2) is 10.6. The summed E-state index contributed by atoms with van der Waals surface area (Å²) in [4.78, 5) is 33.7. The number of nitrogens with zero attached hydrogens (tertiary/aromatic N) is 3. The lowest BCUT2D eigenvalue weighted by atomic mass is 10.1. The van der Waals surface area contributed by atoms with E-state index in [0.717, 1.165) is 30.5 Å². The van der Waals surface area contributed by atoms with E-state index in [1.54, 1.807) is 4.57 Å². The summed E-state index contributed by atoms with van der Waals surface area (Å²) >= 11 is 0. The highest BCUT2D eigenvalue weighted by Crippen LogP contribution is 2.25. The molecule has 5 heteroatoms. The van der Waals surface area contributed by atoms with Crippen LogP contribution in [0.25, 0.3) is 16.6 Å². The second-order valence-corrected chi connectivity index (χ2v) is 9.04. The van der Waals surface area contributed by atoms with Gasteiger partial charge in [0.1, 0.15) is 5.82 Å². The number of hydrogen-bond acceptors (Lipinski definition) is 3. The van der Waals surface area contributed by atoms with Gasteiger partial charge in [-0.05, 0) is 56.0 Å². The summed E-state index contributed by atoms with van der Waals surface area (Å²) in [5.41, 5.74) is 2.39. The van der Waals surface area contributed by atoms with Crippen molar-refractivity contribution >= 4 is 16.8 Å². The first-order chi connectivity index (χ1) is 15.3. The predicted molar refractivity (Wildman–Crippen MR) is 131 cm³/mol. The van der Waals surface area contributed by atoms with Crippen molar-refractivity contribution in [2.75, 3.05) is 6.54 Å². The summed E-state index contributed by atoms with van der Waals surface area (Å²) in [6.07, 6.45) is 3.52. The van der Waals surface area contributed by atoms with Crippen LogP contribution in [0.1, 0.15) is 70.8 Å². The molecule has 0 unspecified atom stereocenters. The first kappa shape index (κ1) is 23.7. The van der Waals surface area contributed by atoms with Gasteiger partial charge in [0.2, 0.25) is 5.91 Å². The number of carbonyl (C=O) groups is 1. The molecule has 0 radical (unpaired) electrons. The van der Waals surface area contributed by atoms with Crippen LogP contribution in [0.2, 0.25) is 0 Å². The van der Waals surface area contributed by atoms with Crippen molar-refractivity contribution in [2.45, 2.75) is 66.3 Å². The highest BCUT2D eigenvalue weighted by atomic mass is 16.2. The molecule has 0 saturated heterocycles. The third kappa shape index (κ3) is 5.26. The number of fused-ring (bicyclic) bond motifs is 1. The topological polar surface area (TPSA) is 55.2 Å². The van der Waals surface area contributed by atoms with Crippen LogP contribution in [0, 0.1) is 12.8 Å². The van der Waals surface area contributed by atoms with E-state index in [0.29, 0.717) is 35.6 Å². The lowest BCUT2D eigenvalue weighted by Crippen LogP contribution is -2.39. The lowest BCUT2D eigenvalue weighted by molar-refractivity contribution is -0.134. The van der Waals surface area contributed by atoms with Gasteiger partial charge in [-0.15, -0.1) is 0 Å². The minimum absolute atomic E-state index is 0.106.